The van der Waals surface area contributed by atoms with E-state index in [0.29, 0.717) is 12.2 Å². The Morgan fingerprint density at radius 2 is 1.89 bits per heavy atom. The van der Waals surface area contributed by atoms with E-state index in [-0.39, 0.29) is 11.9 Å². The number of rotatable bonds is 1. The van der Waals surface area contributed by atoms with Crippen LogP contribution in [-0.2, 0) is 11.2 Å². The molecule has 1 atom stereocenters. The van der Waals surface area contributed by atoms with E-state index >= 15 is 0 Å². The fraction of sp³-hybridized carbons (Fsp3) is 0.188. The zero-order chi connectivity index (χ0) is 13.2. The highest BCUT2D eigenvalue weighted by molar-refractivity contribution is 9.10. The summed E-state index contributed by atoms with van der Waals surface area (Å²) in [7, 11) is 0. The van der Waals surface area contributed by atoms with Gasteiger partial charge in [0.05, 0.1) is 6.42 Å². The van der Waals surface area contributed by atoms with Crippen molar-refractivity contribution >= 4 is 21.9 Å². The van der Waals surface area contributed by atoms with Crippen molar-refractivity contribution in [1.82, 2.24) is 0 Å². The second kappa shape index (κ2) is 5.17. The van der Waals surface area contributed by atoms with Crippen molar-refractivity contribution in [3.8, 4) is 5.75 Å². The summed E-state index contributed by atoms with van der Waals surface area (Å²) in [5.41, 5.74) is 2.27. The molecular formula is C16H13BrO2. The third kappa shape index (κ3) is 2.71. The maximum absolute atomic E-state index is 11.9. The van der Waals surface area contributed by atoms with Gasteiger partial charge in [0.25, 0.3) is 0 Å². The van der Waals surface area contributed by atoms with Gasteiger partial charge in [0.1, 0.15) is 5.75 Å². The van der Waals surface area contributed by atoms with Crippen LogP contribution in [0.1, 0.15) is 23.5 Å². The molecule has 3 rings (SSSR count). The fourth-order valence-corrected chi connectivity index (χ4v) is 2.89. The number of para-hydroxylation sites is 1. The number of hydrogen-bond donors (Lipinski definition) is 0. The SMILES string of the molecule is O=C1CC(c2cccc(Br)c2)Cc2ccccc2O1. The average molecular weight is 317 g/mol. The lowest BCUT2D eigenvalue weighted by Gasteiger charge is -2.13. The zero-order valence-electron chi connectivity index (χ0n) is 10.3. The summed E-state index contributed by atoms with van der Waals surface area (Å²) < 4.78 is 6.43. The summed E-state index contributed by atoms with van der Waals surface area (Å²) in [6.07, 6.45) is 1.25. The second-order valence-corrected chi connectivity index (χ2v) is 5.66. The number of carbonyl (C=O) groups excluding carboxylic acids is 1. The first kappa shape index (κ1) is 12.4. The molecular weight excluding hydrogens is 304 g/mol. The average Bonchev–Trinajstić information content (AvgIpc) is 2.56. The van der Waals surface area contributed by atoms with Crippen LogP contribution in [-0.4, -0.2) is 5.97 Å². The van der Waals surface area contributed by atoms with Crippen LogP contribution in [0.2, 0.25) is 0 Å². The van der Waals surface area contributed by atoms with E-state index in [1.807, 2.05) is 36.4 Å². The molecule has 19 heavy (non-hydrogen) atoms. The molecule has 0 N–H and O–H groups in total. The molecule has 1 heterocycles. The molecule has 0 bridgehead atoms. The molecule has 96 valence electrons. The van der Waals surface area contributed by atoms with Crippen molar-refractivity contribution in [3.63, 3.8) is 0 Å². The third-order valence-corrected chi connectivity index (χ3v) is 3.89. The van der Waals surface area contributed by atoms with Crippen molar-refractivity contribution in [2.75, 3.05) is 0 Å². The molecule has 0 aliphatic carbocycles. The Kier molecular flexibility index (Phi) is 3.38. The van der Waals surface area contributed by atoms with Crippen LogP contribution in [0.3, 0.4) is 0 Å². The molecule has 0 saturated carbocycles. The van der Waals surface area contributed by atoms with Gasteiger partial charge in [-0.3, -0.25) is 4.79 Å². The maximum Gasteiger partial charge on any atom is 0.311 e. The number of esters is 1. The molecule has 2 aromatic carbocycles. The molecule has 0 radical (unpaired) electrons. The van der Waals surface area contributed by atoms with Gasteiger partial charge < -0.3 is 4.74 Å². The molecule has 1 aliphatic rings. The minimum atomic E-state index is -0.157. The zero-order valence-corrected chi connectivity index (χ0v) is 11.9. The predicted octanol–water partition coefficient (Wildman–Crippen LogP) is 4.08. The topological polar surface area (TPSA) is 26.3 Å². The van der Waals surface area contributed by atoms with E-state index in [0.717, 1.165) is 16.5 Å². The quantitative estimate of drug-likeness (QED) is 0.585. The summed E-state index contributed by atoms with van der Waals surface area (Å²) in [4.78, 5) is 11.9. The first-order valence-corrected chi connectivity index (χ1v) is 7.06. The van der Waals surface area contributed by atoms with Crippen LogP contribution in [0.15, 0.2) is 53.0 Å². The van der Waals surface area contributed by atoms with Gasteiger partial charge in [-0.15, -0.1) is 0 Å². The van der Waals surface area contributed by atoms with Crippen molar-refractivity contribution in [3.05, 3.63) is 64.1 Å². The molecule has 0 amide bonds. The number of carbonyl (C=O) groups is 1. The molecule has 0 fully saturated rings. The van der Waals surface area contributed by atoms with Crippen molar-refractivity contribution in [2.45, 2.75) is 18.8 Å². The molecule has 3 heteroatoms. The highest BCUT2D eigenvalue weighted by atomic mass is 79.9. The van der Waals surface area contributed by atoms with Gasteiger partial charge in [0.15, 0.2) is 0 Å². The lowest BCUT2D eigenvalue weighted by atomic mass is 9.90. The van der Waals surface area contributed by atoms with Gasteiger partial charge in [0, 0.05) is 4.47 Å². The largest absolute Gasteiger partial charge is 0.426 e. The van der Waals surface area contributed by atoms with Gasteiger partial charge in [-0.1, -0.05) is 46.3 Å². The normalized spacial score (nSPS) is 18.4. The van der Waals surface area contributed by atoms with Gasteiger partial charge in [-0.2, -0.15) is 0 Å². The van der Waals surface area contributed by atoms with Crippen molar-refractivity contribution < 1.29 is 9.53 Å². The fourth-order valence-electron chi connectivity index (χ4n) is 2.47. The van der Waals surface area contributed by atoms with Crippen LogP contribution >= 0.6 is 15.9 Å². The smallest absolute Gasteiger partial charge is 0.311 e. The van der Waals surface area contributed by atoms with Crippen LogP contribution < -0.4 is 4.74 Å². The maximum atomic E-state index is 11.9. The number of halogens is 1. The molecule has 1 aliphatic heterocycles. The summed E-state index contributed by atoms with van der Waals surface area (Å²) in [5.74, 6) is 0.716. The highest BCUT2D eigenvalue weighted by Crippen LogP contribution is 2.33. The van der Waals surface area contributed by atoms with Crippen LogP contribution in [0.5, 0.6) is 5.75 Å². The van der Waals surface area contributed by atoms with E-state index in [2.05, 4.69) is 28.1 Å². The van der Waals surface area contributed by atoms with Crippen molar-refractivity contribution in [1.29, 1.82) is 0 Å². The Morgan fingerprint density at radius 1 is 1.05 bits per heavy atom. The summed E-state index contributed by atoms with van der Waals surface area (Å²) >= 11 is 3.48. The first-order valence-electron chi connectivity index (χ1n) is 6.26. The van der Waals surface area contributed by atoms with E-state index < -0.39 is 0 Å². The highest BCUT2D eigenvalue weighted by Gasteiger charge is 2.24. The van der Waals surface area contributed by atoms with Crippen LogP contribution in [0.4, 0.5) is 0 Å². The molecule has 0 aromatic heterocycles. The number of benzene rings is 2. The van der Waals surface area contributed by atoms with E-state index in [1.54, 1.807) is 0 Å². The van der Waals surface area contributed by atoms with E-state index in [4.69, 9.17) is 4.74 Å². The summed E-state index contributed by atoms with van der Waals surface area (Å²) in [6, 6.07) is 15.9. The Balaban J connectivity index is 1.98. The Bertz CT molecular complexity index is 622. The van der Waals surface area contributed by atoms with E-state index in [9.17, 15) is 4.79 Å². The number of fused-ring (bicyclic) bond motifs is 1. The third-order valence-electron chi connectivity index (χ3n) is 3.40. The number of ether oxygens (including phenoxy) is 1. The minimum Gasteiger partial charge on any atom is -0.426 e. The van der Waals surface area contributed by atoms with Gasteiger partial charge in [-0.25, -0.2) is 0 Å². The minimum absolute atomic E-state index is 0.157. The summed E-state index contributed by atoms with van der Waals surface area (Å²) in [5, 5.41) is 0. The molecule has 0 saturated heterocycles. The van der Waals surface area contributed by atoms with E-state index in [1.165, 1.54) is 5.56 Å². The first-order chi connectivity index (χ1) is 9.22. The van der Waals surface area contributed by atoms with Gasteiger partial charge in [0.2, 0.25) is 0 Å². The summed E-state index contributed by atoms with van der Waals surface area (Å²) in [6.45, 7) is 0. The standard InChI is InChI=1S/C16H13BrO2/c17-14-6-3-5-11(9-14)13-8-12-4-1-2-7-15(12)19-16(18)10-13/h1-7,9,13H,8,10H2. The lowest BCUT2D eigenvalue weighted by Crippen LogP contribution is -2.10. The lowest BCUT2D eigenvalue weighted by molar-refractivity contribution is -0.134. The van der Waals surface area contributed by atoms with Crippen LogP contribution in [0, 0.1) is 0 Å². The Labute approximate surface area is 120 Å². The van der Waals surface area contributed by atoms with Crippen LogP contribution in [0.25, 0.3) is 0 Å². The number of hydrogen-bond acceptors (Lipinski definition) is 2. The molecule has 2 nitrogen and oxygen atoms in total. The monoisotopic (exact) mass is 316 g/mol. The Hall–Kier alpha value is -1.61. The van der Waals surface area contributed by atoms with Crippen molar-refractivity contribution in [2.24, 2.45) is 0 Å². The second-order valence-electron chi connectivity index (χ2n) is 4.74. The Morgan fingerprint density at radius 3 is 2.74 bits per heavy atom. The predicted molar refractivity (Wildman–Crippen MR) is 77.3 cm³/mol. The molecule has 2 aromatic rings. The molecule has 1 unspecified atom stereocenters. The molecule has 0 spiro atoms. The van der Waals surface area contributed by atoms with Gasteiger partial charge >= 0.3 is 5.97 Å². The van der Waals surface area contributed by atoms with Gasteiger partial charge in [-0.05, 0) is 41.7 Å².